The minimum absolute atomic E-state index is 0.0219. The van der Waals surface area contributed by atoms with Crippen LogP contribution in [0.25, 0.3) is 0 Å². The van der Waals surface area contributed by atoms with E-state index in [1.165, 1.54) is 11.1 Å². The van der Waals surface area contributed by atoms with E-state index in [2.05, 4.69) is 28.2 Å². The van der Waals surface area contributed by atoms with Crippen molar-refractivity contribution in [2.75, 3.05) is 0 Å². The van der Waals surface area contributed by atoms with Gasteiger partial charge in [0.2, 0.25) is 11.7 Å². The molecule has 3 N–H and O–H groups in total. The normalized spacial score (nSPS) is 17.9. The summed E-state index contributed by atoms with van der Waals surface area (Å²) in [6, 6.07) is 6.17. The molecule has 0 aliphatic carbocycles. The van der Waals surface area contributed by atoms with Gasteiger partial charge in [-0.25, -0.2) is 9.67 Å². The Labute approximate surface area is 115 Å². The molecule has 0 saturated carbocycles. The highest BCUT2D eigenvalue weighted by Crippen LogP contribution is 2.29. The van der Waals surface area contributed by atoms with Gasteiger partial charge in [0.25, 0.3) is 0 Å². The van der Waals surface area contributed by atoms with E-state index in [-0.39, 0.29) is 17.8 Å². The average Bonchev–Trinajstić information content (AvgIpc) is 3.04. The maximum atomic E-state index is 8.58. The van der Waals surface area contributed by atoms with Crippen LogP contribution in [0, 0.1) is 6.92 Å². The second-order valence-electron chi connectivity index (χ2n) is 4.83. The van der Waals surface area contributed by atoms with Crippen molar-refractivity contribution in [2.45, 2.75) is 26.0 Å². The molecule has 0 amide bonds. The van der Waals surface area contributed by atoms with E-state index < -0.39 is 0 Å². The first-order valence-corrected chi connectivity index (χ1v) is 6.29. The van der Waals surface area contributed by atoms with Gasteiger partial charge in [-0.3, -0.25) is 0 Å². The van der Waals surface area contributed by atoms with Gasteiger partial charge in [-0.1, -0.05) is 22.9 Å². The number of nitrogens with two attached hydrogens (primary N) is 1. The molecule has 2 aromatic rings. The number of hydrogen-bond acceptors (Lipinski definition) is 5. The Morgan fingerprint density at radius 1 is 1.60 bits per heavy atom. The van der Waals surface area contributed by atoms with Crippen LogP contribution in [0.4, 0.5) is 0 Å². The Hall–Kier alpha value is -2.57. The number of nitrogens with zero attached hydrogens (tertiary/aromatic N) is 4. The first-order valence-electron chi connectivity index (χ1n) is 6.29. The van der Waals surface area contributed by atoms with E-state index in [4.69, 9.17) is 15.7 Å². The van der Waals surface area contributed by atoms with Gasteiger partial charge < -0.3 is 15.7 Å². The predicted octanol–water partition coefficient (Wildman–Crippen LogP) is 0.685. The van der Waals surface area contributed by atoms with E-state index in [0.717, 1.165) is 12.2 Å². The molecule has 0 radical (unpaired) electrons. The van der Waals surface area contributed by atoms with Gasteiger partial charge in [0.15, 0.2) is 0 Å². The molecule has 104 valence electrons. The van der Waals surface area contributed by atoms with Crippen molar-refractivity contribution in [3.05, 3.63) is 41.5 Å². The SMILES string of the molecule is Cc1ccc2c(c1)CC(Cn1cnc(C(N)=NO)n1)O2. The van der Waals surface area contributed by atoms with Gasteiger partial charge in [0.05, 0.1) is 6.54 Å². The van der Waals surface area contributed by atoms with Gasteiger partial charge in [-0.2, -0.15) is 0 Å². The summed E-state index contributed by atoms with van der Waals surface area (Å²) in [6.07, 6.45) is 2.41. The van der Waals surface area contributed by atoms with Crippen LogP contribution < -0.4 is 10.5 Å². The molecule has 1 atom stereocenters. The van der Waals surface area contributed by atoms with Crippen LogP contribution in [-0.2, 0) is 13.0 Å². The summed E-state index contributed by atoms with van der Waals surface area (Å²) < 4.78 is 7.50. The zero-order valence-electron chi connectivity index (χ0n) is 11.0. The molecule has 1 aliphatic heterocycles. The maximum Gasteiger partial charge on any atom is 0.219 e. The summed E-state index contributed by atoms with van der Waals surface area (Å²) in [4.78, 5) is 3.97. The average molecular weight is 273 g/mol. The number of rotatable bonds is 3. The van der Waals surface area contributed by atoms with Gasteiger partial charge in [0.1, 0.15) is 18.2 Å². The number of benzene rings is 1. The fourth-order valence-electron chi connectivity index (χ4n) is 2.30. The molecule has 1 aromatic heterocycles. The molecule has 2 heterocycles. The lowest BCUT2D eigenvalue weighted by Gasteiger charge is -2.09. The minimum atomic E-state index is -0.102. The van der Waals surface area contributed by atoms with E-state index in [9.17, 15) is 0 Å². The third-order valence-corrected chi connectivity index (χ3v) is 3.22. The van der Waals surface area contributed by atoms with Gasteiger partial charge >= 0.3 is 0 Å². The lowest BCUT2D eigenvalue weighted by Crippen LogP contribution is -2.22. The standard InChI is InChI=1S/C13H15N5O2/c1-8-2-3-11-9(4-8)5-10(20-11)6-18-7-15-13(16-18)12(14)17-19/h2-4,7,10,19H,5-6H2,1H3,(H2,14,17). The quantitative estimate of drug-likeness (QED) is 0.371. The van der Waals surface area contributed by atoms with Gasteiger partial charge in [0, 0.05) is 6.42 Å². The van der Waals surface area contributed by atoms with Crippen molar-refractivity contribution in [2.24, 2.45) is 10.9 Å². The van der Waals surface area contributed by atoms with Crippen molar-refractivity contribution in [3.63, 3.8) is 0 Å². The van der Waals surface area contributed by atoms with Crippen LogP contribution in [0.5, 0.6) is 5.75 Å². The van der Waals surface area contributed by atoms with Crippen LogP contribution in [0.2, 0.25) is 0 Å². The summed E-state index contributed by atoms with van der Waals surface area (Å²) in [5.41, 5.74) is 7.87. The van der Waals surface area contributed by atoms with E-state index in [1.807, 2.05) is 12.1 Å². The van der Waals surface area contributed by atoms with Crippen LogP contribution in [0.1, 0.15) is 17.0 Å². The van der Waals surface area contributed by atoms with Gasteiger partial charge in [-0.15, -0.1) is 5.10 Å². The molecule has 0 spiro atoms. The number of aromatic nitrogens is 3. The van der Waals surface area contributed by atoms with E-state index in [0.29, 0.717) is 6.54 Å². The van der Waals surface area contributed by atoms with Crippen LogP contribution >= 0.6 is 0 Å². The van der Waals surface area contributed by atoms with Gasteiger partial charge in [-0.05, 0) is 18.6 Å². The molecule has 1 aromatic carbocycles. The lowest BCUT2D eigenvalue weighted by atomic mass is 10.1. The summed E-state index contributed by atoms with van der Waals surface area (Å²) in [5, 5.41) is 15.6. The highest BCUT2D eigenvalue weighted by atomic mass is 16.5. The second-order valence-corrected chi connectivity index (χ2v) is 4.83. The molecule has 1 unspecified atom stereocenters. The molecule has 0 fully saturated rings. The van der Waals surface area contributed by atoms with Crippen molar-refractivity contribution in [3.8, 4) is 5.75 Å². The molecule has 0 bridgehead atoms. The number of aryl methyl sites for hydroxylation is 1. The third-order valence-electron chi connectivity index (χ3n) is 3.22. The monoisotopic (exact) mass is 273 g/mol. The zero-order chi connectivity index (χ0) is 14.1. The molecule has 20 heavy (non-hydrogen) atoms. The number of fused-ring (bicyclic) bond motifs is 1. The maximum absolute atomic E-state index is 8.58. The highest BCUT2D eigenvalue weighted by Gasteiger charge is 2.23. The molecule has 7 nitrogen and oxygen atoms in total. The zero-order valence-corrected chi connectivity index (χ0v) is 11.0. The minimum Gasteiger partial charge on any atom is -0.488 e. The van der Waals surface area contributed by atoms with Crippen LogP contribution in [0.3, 0.4) is 0 Å². The fourth-order valence-corrected chi connectivity index (χ4v) is 2.30. The molecule has 0 saturated heterocycles. The molecule has 7 heteroatoms. The molecule has 3 rings (SSSR count). The lowest BCUT2D eigenvalue weighted by molar-refractivity contribution is 0.203. The summed E-state index contributed by atoms with van der Waals surface area (Å²) in [5.74, 6) is 1.03. The Bertz CT molecular complexity index is 665. The topological polar surface area (TPSA) is 98.6 Å². The Balaban J connectivity index is 1.70. The second kappa shape index (κ2) is 4.84. The summed E-state index contributed by atoms with van der Waals surface area (Å²) in [6.45, 7) is 2.63. The summed E-state index contributed by atoms with van der Waals surface area (Å²) >= 11 is 0. The van der Waals surface area contributed by atoms with Crippen molar-refractivity contribution >= 4 is 5.84 Å². The van der Waals surface area contributed by atoms with Crippen molar-refractivity contribution < 1.29 is 9.94 Å². The third kappa shape index (κ3) is 2.29. The number of hydrogen-bond donors (Lipinski definition) is 2. The van der Waals surface area contributed by atoms with Crippen LogP contribution in [0.15, 0.2) is 29.7 Å². The first kappa shape index (κ1) is 12.5. The molecule has 1 aliphatic rings. The van der Waals surface area contributed by atoms with Crippen molar-refractivity contribution in [1.82, 2.24) is 14.8 Å². The Kier molecular flexibility index (Phi) is 3.02. The summed E-state index contributed by atoms with van der Waals surface area (Å²) in [7, 11) is 0. The Morgan fingerprint density at radius 3 is 3.25 bits per heavy atom. The predicted molar refractivity (Wildman–Crippen MR) is 71.8 cm³/mol. The smallest absolute Gasteiger partial charge is 0.219 e. The fraction of sp³-hybridized carbons (Fsp3) is 0.308. The van der Waals surface area contributed by atoms with Crippen molar-refractivity contribution in [1.29, 1.82) is 0 Å². The molecular weight excluding hydrogens is 258 g/mol. The first-order chi connectivity index (χ1) is 9.65. The van der Waals surface area contributed by atoms with Crippen LogP contribution in [-0.4, -0.2) is 31.9 Å². The highest BCUT2D eigenvalue weighted by molar-refractivity contribution is 5.93. The largest absolute Gasteiger partial charge is 0.488 e. The Morgan fingerprint density at radius 2 is 2.45 bits per heavy atom. The molecular formula is C13H15N5O2. The van der Waals surface area contributed by atoms with E-state index >= 15 is 0 Å². The number of amidine groups is 1. The number of ether oxygens (including phenoxy) is 1. The van der Waals surface area contributed by atoms with E-state index in [1.54, 1.807) is 11.0 Å². The number of oxime groups is 1.